The molecule has 1 aromatic heterocycles. The van der Waals surface area contributed by atoms with Gasteiger partial charge in [0.1, 0.15) is 22.7 Å². The van der Waals surface area contributed by atoms with Crippen LogP contribution in [0.3, 0.4) is 0 Å². The van der Waals surface area contributed by atoms with E-state index < -0.39 is 11.4 Å². The van der Waals surface area contributed by atoms with Gasteiger partial charge >= 0.3 is 0 Å². The van der Waals surface area contributed by atoms with E-state index >= 15 is 0 Å². The summed E-state index contributed by atoms with van der Waals surface area (Å²) in [5, 5.41) is 10.3. The predicted molar refractivity (Wildman–Crippen MR) is 124 cm³/mol. The standard InChI is InChI=1S/C24H31N5O5/c1-24(23(32)26-16-7-5-6-8-16)14-29-19(22(31)28(24)2)12-18(27-29)21(30)25-13-15-11-17(33-3)9-10-20(15)34-4/h9-12,16H,5-8,13-14H2,1-4H3,(H,25,30)(H,26,32)/t24-/m0/s1. The van der Waals surface area contributed by atoms with E-state index in [0.717, 1.165) is 31.2 Å². The van der Waals surface area contributed by atoms with E-state index in [0.29, 0.717) is 11.5 Å². The molecule has 1 aliphatic heterocycles. The maximum absolute atomic E-state index is 13.1. The molecular formula is C24H31N5O5. The Labute approximate surface area is 198 Å². The lowest BCUT2D eigenvalue weighted by atomic mass is 9.95. The summed E-state index contributed by atoms with van der Waals surface area (Å²) in [5.41, 5.74) is 0.0309. The van der Waals surface area contributed by atoms with Crippen molar-refractivity contribution in [3.63, 3.8) is 0 Å². The summed E-state index contributed by atoms with van der Waals surface area (Å²) in [6.45, 7) is 2.09. The van der Waals surface area contributed by atoms with Crippen LogP contribution in [0.2, 0.25) is 0 Å². The maximum Gasteiger partial charge on any atom is 0.272 e. The minimum Gasteiger partial charge on any atom is -0.497 e. The summed E-state index contributed by atoms with van der Waals surface area (Å²) >= 11 is 0. The Kier molecular flexibility index (Phi) is 6.49. The largest absolute Gasteiger partial charge is 0.497 e. The Bertz CT molecular complexity index is 1110. The normalized spacial score (nSPS) is 20.1. The summed E-state index contributed by atoms with van der Waals surface area (Å²) in [7, 11) is 4.73. The van der Waals surface area contributed by atoms with Crippen LogP contribution in [-0.4, -0.2) is 65.2 Å². The number of carbonyl (C=O) groups excluding carboxylic acids is 3. The summed E-state index contributed by atoms with van der Waals surface area (Å²) in [4.78, 5) is 40.5. The first-order valence-corrected chi connectivity index (χ1v) is 11.4. The number of benzene rings is 1. The fraction of sp³-hybridized carbons (Fsp3) is 0.500. The van der Waals surface area contributed by atoms with Crippen LogP contribution in [-0.2, 0) is 17.9 Å². The van der Waals surface area contributed by atoms with Gasteiger partial charge in [0.15, 0.2) is 5.69 Å². The van der Waals surface area contributed by atoms with Crippen molar-refractivity contribution in [1.29, 1.82) is 0 Å². The molecule has 1 fully saturated rings. The molecule has 0 bridgehead atoms. The lowest BCUT2D eigenvalue weighted by Gasteiger charge is -2.41. The average Bonchev–Trinajstić information content (AvgIpc) is 3.50. The lowest BCUT2D eigenvalue weighted by molar-refractivity contribution is -0.133. The summed E-state index contributed by atoms with van der Waals surface area (Å²) < 4.78 is 12.1. The van der Waals surface area contributed by atoms with E-state index in [1.807, 2.05) is 0 Å². The smallest absolute Gasteiger partial charge is 0.272 e. The van der Waals surface area contributed by atoms with Crippen LogP contribution in [0.25, 0.3) is 0 Å². The molecule has 34 heavy (non-hydrogen) atoms. The van der Waals surface area contributed by atoms with Gasteiger partial charge in [-0.25, -0.2) is 0 Å². The monoisotopic (exact) mass is 469 g/mol. The second kappa shape index (κ2) is 9.36. The third-order valence-corrected chi connectivity index (χ3v) is 6.84. The minimum absolute atomic E-state index is 0.110. The van der Waals surface area contributed by atoms with Crippen LogP contribution < -0.4 is 20.1 Å². The molecule has 0 spiro atoms. The number of rotatable bonds is 7. The Morgan fingerprint density at radius 3 is 2.59 bits per heavy atom. The van der Waals surface area contributed by atoms with Crippen molar-refractivity contribution in [2.75, 3.05) is 21.3 Å². The molecule has 1 aromatic carbocycles. The van der Waals surface area contributed by atoms with Crippen LogP contribution in [0.5, 0.6) is 11.5 Å². The Morgan fingerprint density at radius 2 is 1.91 bits per heavy atom. The van der Waals surface area contributed by atoms with E-state index in [-0.39, 0.29) is 42.3 Å². The van der Waals surface area contributed by atoms with Crippen molar-refractivity contribution in [2.24, 2.45) is 0 Å². The van der Waals surface area contributed by atoms with Crippen LogP contribution in [0.1, 0.15) is 59.1 Å². The number of hydrogen-bond donors (Lipinski definition) is 2. The van der Waals surface area contributed by atoms with Crippen molar-refractivity contribution in [1.82, 2.24) is 25.3 Å². The van der Waals surface area contributed by atoms with Gasteiger partial charge in [0.25, 0.3) is 11.8 Å². The third-order valence-electron chi connectivity index (χ3n) is 6.84. The van der Waals surface area contributed by atoms with E-state index in [4.69, 9.17) is 9.47 Å². The molecule has 182 valence electrons. The quantitative estimate of drug-likeness (QED) is 0.638. The molecule has 10 nitrogen and oxygen atoms in total. The number of amides is 3. The fourth-order valence-corrected chi connectivity index (χ4v) is 4.54. The number of likely N-dealkylation sites (N-methyl/N-ethyl adjacent to an activating group) is 1. The van der Waals surface area contributed by atoms with Gasteiger partial charge in [0.05, 0.1) is 20.8 Å². The number of hydrogen-bond acceptors (Lipinski definition) is 6. The molecule has 0 unspecified atom stereocenters. The van der Waals surface area contributed by atoms with Gasteiger partial charge in [0.2, 0.25) is 5.91 Å². The van der Waals surface area contributed by atoms with Crippen molar-refractivity contribution in [3.8, 4) is 11.5 Å². The van der Waals surface area contributed by atoms with E-state index in [2.05, 4.69) is 15.7 Å². The average molecular weight is 470 g/mol. The highest BCUT2D eigenvalue weighted by molar-refractivity contribution is 6.01. The number of methoxy groups -OCH3 is 2. The maximum atomic E-state index is 13.1. The molecule has 1 aliphatic carbocycles. The third kappa shape index (κ3) is 4.32. The number of ether oxygens (including phenoxy) is 2. The first kappa shape index (κ1) is 23.6. The summed E-state index contributed by atoms with van der Waals surface area (Å²) in [6, 6.07) is 6.93. The van der Waals surface area contributed by atoms with Gasteiger partial charge in [0, 0.05) is 31.3 Å². The molecule has 4 rings (SSSR count). The number of nitrogens with zero attached hydrogens (tertiary/aromatic N) is 3. The van der Waals surface area contributed by atoms with Crippen molar-refractivity contribution in [2.45, 2.75) is 57.3 Å². The highest BCUT2D eigenvalue weighted by atomic mass is 16.5. The molecular weight excluding hydrogens is 438 g/mol. The van der Waals surface area contributed by atoms with Gasteiger partial charge in [-0.15, -0.1) is 0 Å². The molecule has 2 aromatic rings. The molecule has 2 N–H and O–H groups in total. The number of fused-ring (bicyclic) bond motifs is 1. The van der Waals surface area contributed by atoms with E-state index in [9.17, 15) is 14.4 Å². The molecule has 1 atom stereocenters. The Hall–Kier alpha value is -3.56. The van der Waals surface area contributed by atoms with Crippen molar-refractivity contribution >= 4 is 17.7 Å². The zero-order valence-corrected chi connectivity index (χ0v) is 20.0. The van der Waals surface area contributed by atoms with Crippen LogP contribution >= 0.6 is 0 Å². The molecule has 2 heterocycles. The van der Waals surface area contributed by atoms with Gasteiger partial charge in [-0.1, -0.05) is 12.8 Å². The molecule has 1 saturated carbocycles. The van der Waals surface area contributed by atoms with Crippen LogP contribution in [0.15, 0.2) is 24.3 Å². The lowest BCUT2D eigenvalue weighted by Crippen LogP contribution is -2.63. The highest BCUT2D eigenvalue weighted by Gasteiger charge is 2.46. The Morgan fingerprint density at radius 1 is 1.18 bits per heavy atom. The van der Waals surface area contributed by atoms with E-state index in [1.54, 1.807) is 46.4 Å². The van der Waals surface area contributed by atoms with Gasteiger partial charge in [-0.2, -0.15) is 5.10 Å². The van der Waals surface area contributed by atoms with Crippen LogP contribution in [0, 0.1) is 0 Å². The minimum atomic E-state index is -1.10. The topological polar surface area (TPSA) is 115 Å². The molecule has 3 amide bonds. The molecule has 10 heteroatoms. The van der Waals surface area contributed by atoms with Gasteiger partial charge in [-0.3, -0.25) is 19.1 Å². The fourth-order valence-electron chi connectivity index (χ4n) is 4.54. The van der Waals surface area contributed by atoms with E-state index in [1.165, 1.54) is 15.6 Å². The number of nitrogens with one attached hydrogen (secondary N) is 2. The second-order valence-corrected chi connectivity index (χ2v) is 9.03. The second-order valence-electron chi connectivity index (χ2n) is 9.03. The number of aromatic nitrogens is 2. The Balaban J connectivity index is 1.49. The van der Waals surface area contributed by atoms with Crippen molar-refractivity contribution in [3.05, 3.63) is 41.2 Å². The predicted octanol–water partition coefficient (Wildman–Crippen LogP) is 1.73. The zero-order valence-electron chi connectivity index (χ0n) is 20.0. The zero-order chi connectivity index (χ0) is 24.5. The summed E-state index contributed by atoms with van der Waals surface area (Å²) in [5.74, 6) is 0.278. The van der Waals surface area contributed by atoms with Gasteiger partial charge < -0.3 is 25.0 Å². The molecule has 0 saturated heterocycles. The molecule has 0 radical (unpaired) electrons. The summed E-state index contributed by atoms with van der Waals surface area (Å²) in [6.07, 6.45) is 4.10. The van der Waals surface area contributed by atoms with Crippen molar-refractivity contribution < 1.29 is 23.9 Å². The van der Waals surface area contributed by atoms with Crippen LogP contribution in [0.4, 0.5) is 0 Å². The highest BCUT2D eigenvalue weighted by Crippen LogP contribution is 2.28. The van der Waals surface area contributed by atoms with Gasteiger partial charge in [-0.05, 0) is 38.0 Å². The SMILES string of the molecule is COc1ccc(OC)c(CNC(=O)c2cc3n(n2)C[C@@](C)(C(=O)NC2CCCC2)N(C)C3=O)c1. The number of carbonyl (C=O) groups is 3. The first-order chi connectivity index (χ1) is 16.3. The molecule has 2 aliphatic rings. The first-order valence-electron chi connectivity index (χ1n) is 11.4.